The third kappa shape index (κ3) is 2.26. The van der Waals surface area contributed by atoms with Crippen molar-refractivity contribution in [2.75, 3.05) is 5.32 Å². The van der Waals surface area contributed by atoms with Crippen molar-refractivity contribution in [3.8, 4) is 0 Å². The molecule has 3 aromatic rings. The lowest BCUT2D eigenvalue weighted by Crippen LogP contribution is -2.19. The summed E-state index contributed by atoms with van der Waals surface area (Å²) in [7, 11) is 0. The number of anilines is 1. The molecule has 106 valence electrons. The maximum absolute atomic E-state index is 6.36. The number of aryl methyl sites for hydroxylation is 1. The molecule has 0 saturated heterocycles. The third-order valence-corrected chi connectivity index (χ3v) is 4.75. The fraction of sp³-hybridized carbons (Fsp3) is 0.267. The van der Waals surface area contributed by atoms with Crippen LogP contribution in [0, 0.1) is 0 Å². The fourth-order valence-electron chi connectivity index (χ4n) is 2.89. The van der Waals surface area contributed by atoms with Crippen molar-refractivity contribution in [3.63, 3.8) is 0 Å². The maximum atomic E-state index is 6.36. The van der Waals surface area contributed by atoms with E-state index in [1.165, 1.54) is 17.3 Å². The Bertz CT molecular complexity index is 801. The Hall–Kier alpha value is -1.72. The molecular formula is C15H13ClN4S. The Balaban J connectivity index is 1.76. The van der Waals surface area contributed by atoms with Crippen molar-refractivity contribution in [2.24, 2.45) is 0 Å². The van der Waals surface area contributed by atoms with Gasteiger partial charge in [-0.2, -0.15) is 8.75 Å². The van der Waals surface area contributed by atoms with Gasteiger partial charge in [-0.3, -0.25) is 4.98 Å². The number of fused-ring (bicyclic) bond motifs is 2. The van der Waals surface area contributed by atoms with Crippen LogP contribution >= 0.6 is 23.3 Å². The molecule has 4 nitrogen and oxygen atoms in total. The van der Waals surface area contributed by atoms with Crippen LogP contribution in [-0.2, 0) is 6.42 Å². The molecule has 1 unspecified atom stereocenters. The summed E-state index contributed by atoms with van der Waals surface area (Å²) in [6, 6.07) is 8.11. The highest BCUT2D eigenvalue weighted by molar-refractivity contribution is 7.00. The van der Waals surface area contributed by atoms with E-state index in [4.69, 9.17) is 11.6 Å². The summed E-state index contributed by atoms with van der Waals surface area (Å²) < 4.78 is 8.64. The van der Waals surface area contributed by atoms with Crippen LogP contribution in [0.4, 0.5) is 5.69 Å². The zero-order valence-electron chi connectivity index (χ0n) is 11.2. The van der Waals surface area contributed by atoms with Gasteiger partial charge in [-0.25, -0.2) is 0 Å². The topological polar surface area (TPSA) is 50.7 Å². The van der Waals surface area contributed by atoms with Gasteiger partial charge < -0.3 is 5.32 Å². The molecule has 2 aromatic heterocycles. The Labute approximate surface area is 131 Å². The van der Waals surface area contributed by atoms with Crippen LogP contribution in [0.25, 0.3) is 11.0 Å². The van der Waals surface area contributed by atoms with Gasteiger partial charge in [-0.05, 0) is 43.0 Å². The van der Waals surface area contributed by atoms with Crippen molar-refractivity contribution in [3.05, 3.63) is 46.7 Å². The lowest BCUT2D eigenvalue weighted by molar-refractivity contribution is 0.584. The second kappa shape index (κ2) is 5.24. The molecule has 0 radical (unpaired) electrons. The molecule has 0 amide bonds. The molecule has 0 spiro atoms. The molecule has 4 rings (SSSR count). The molecule has 21 heavy (non-hydrogen) atoms. The molecule has 0 bridgehead atoms. The number of nitrogens with one attached hydrogen (secondary N) is 1. The van der Waals surface area contributed by atoms with Crippen LogP contribution in [0.1, 0.15) is 30.1 Å². The number of hydrogen-bond acceptors (Lipinski definition) is 5. The van der Waals surface area contributed by atoms with Crippen molar-refractivity contribution >= 4 is 40.0 Å². The maximum Gasteiger partial charge on any atom is 0.129 e. The number of aromatic nitrogens is 3. The van der Waals surface area contributed by atoms with Gasteiger partial charge in [0.25, 0.3) is 0 Å². The molecular weight excluding hydrogens is 304 g/mol. The van der Waals surface area contributed by atoms with Gasteiger partial charge >= 0.3 is 0 Å². The van der Waals surface area contributed by atoms with Gasteiger partial charge in [-0.15, -0.1) is 0 Å². The van der Waals surface area contributed by atoms with Gasteiger partial charge in [0.15, 0.2) is 0 Å². The van der Waals surface area contributed by atoms with Gasteiger partial charge in [-0.1, -0.05) is 17.7 Å². The Kier molecular flexibility index (Phi) is 3.24. The summed E-state index contributed by atoms with van der Waals surface area (Å²) in [6.45, 7) is 0. The fourth-order valence-corrected chi connectivity index (χ4v) is 3.64. The minimum atomic E-state index is 0.180. The highest BCUT2D eigenvalue weighted by Crippen LogP contribution is 2.36. The van der Waals surface area contributed by atoms with Crippen LogP contribution in [0.15, 0.2) is 30.5 Å². The van der Waals surface area contributed by atoms with Gasteiger partial charge in [0.05, 0.1) is 34.2 Å². The summed E-state index contributed by atoms with van der Waals surface area (Å²) >= 11 is 7.57. The van der Waals surface area contributed by atoms with Crippen LogP contribution in [-0.4, -0.2) is 13.7 Å². The number of nitrogens with zero attached hydrogens (tertiary/aromatic N) is 3. The summed E-state index contributed by atoms with van der Waals surface area (Å²) in [5, 5.41) is 4.22. The molecule has 1 aliphatic carbocycles. The van der Waals surface area contributed by atoms with Crippen molar-refractivity contribution in [1.82, 2.24) is 13.7 Å². The van der Waals surface area contributed by atoms with Crippen LogP contribution in [0.2, 0.25) is 5.02 Å². The smallest absolute Gasteiger partial charge is 0.129 e. The average molecular weight is 317 g/mol. The van der Waals surface area contributed by atoms with E-state index in [1.54, 1.807) is 0 Å². The second-order valence-corrected chi connectivity index (χ2v) is 6.13. The highest BCUT2D eigenvalue weighted by atomic mass is 35.5. The summed E-state index contributed by atoms with van der Waals surface area (Å²) in [5.41, 5.74) is 5.03. The monoisotopic (exact) mass is 316 g/mol. The minimum absolute atomic E-state index is 0.180. The average Bonchev–Trinajstić information content (AvgIpc) is 2.99. The SMILES string of the molecule is Clc1ccc2nsnc2c1NC1CCCc2cccnc21. The number of pyridine rings is 1. The first-order chi connectivity index (χ1) is 10.3. The van der Waals surface area contributed by atoms with E-state index < -0.39 is 0 Å². The van der Waals surface area contributed by atoms with Crippen molar-refractivity contribution < 1.29 is 0 Å². The van der Waals surface area contributed by atoms with Gasteiger partial charge in [0.2, 0.25) is 0 Å². The van der Waals surface area contributed by atoms with Gasteiger partial charge in [0, 0.05) is 6.20 Å². The Morgan fingerprint density at radius 3 is 3.14 bits per heavy atom. The first kappa shape index (κ1) is 13.0. The van der Waals surface area contributed by atoms with E-state index in [0.29, 0.717) is 5.02 Å². The van der Waals surface area contributed by atoms with Gasteiger partial charge in [0.1, 0.15) is 11.0 Å². The molecule has 2 heterocycles. The molecule has 1 N–H and O–H groups in total. The van der Waals surface area contributed by atoms with Crippen molar-refractivity contribution in [1.29, 1.82) is 0 Å². The predicted molar refractivity (Wildman–Crippen MR) is 86.0 cm³/mol. The quantitative estimate of drug-likeness (QED) is 0.768. The largest absolute Gasteiger partial charge is 0.374 e. The van der Waals surface area contributed by atoms with E-state index in [0.717, 1.165) is 41.7 Å². The molecule has 0 aliphatic heterocycles. The standard InChI is InChI=1S/C15H13ClN4S/c16-10-6-7-12-15(20-21-19-12)14(10)18-11-5-1-3-9-4-2-8-17-13(9)11/h2,4,6-8,11,18H,1,3,5H2. The lowest BCUT2D eigenvalue weighted by atomic mass is 9.91. The highest BCUT2D eigenvalue weighted by Gasteiger charge is 2.23. The second-order valence-electron chi connectivity index (χ2n) is 5.19. The summed E-state index contributed by atoms with van der Waals surface area (Å²) in [5.74, 6) is 0. The number of hydrogen-bond donors (Lipinski definition) is 1. The van der Waals surface area contributed by atoms with Crippen LogP contribution < -0.4 is 5.32 Å². The first-order valence-electron chi connectivity index (χ1n) is 6.94. The number of benzene rings is 1. The zero-order valence-corrected chi connectivity index (χ0v) is 12.8. The van der Waals surface area contributed by atoms with E-state index in [1.807, 2.05) is 24.4 Å². The van der Waals surface area contributed by atoms with E-state index in [2.05, 4.69) is 25.1 Å². The lowest BCUT2D eigenvalue weighted by Gasteiger charge is -2.26. The van der Waals surface area contributed by atoms with E-state index in [-0.39, 0.29) is 6.04 Å². The number of halogens is 1. The summed E-state index contributed by atoms with van der Waals surface area (Å²) in [4.78, 5) is 4.56. The molecule has 0 fully saturated rings. The molecule has 6 heteroatoms. The number of rotatable bonds is 2. The van der Waals surface area contributed by atoms with E-state index >= 15 is 0 Å². The normalized spacial score (nSPS) is 17.7. The molecule has 1 aromatic carbocycles. The van der Waals surface area contributed by atoms with E-state index in [9.17, 15) is 0 Å². The third-order valence-electron chi connectivity index (χ3n) is 3.89. The van der Waals surface area contributed by atoms with Crippen LogP contribution in [0.5, 0.6) is 0 Å². The molecule has 1 atom stereocenters. The van der Waals surface area contributed by atoms with Crippen molar-refractivity contribution in [2.45, 2.75) is 25.3 Å². The Morgan fingerprint density at radius 2 is 2.19 bits per heavy atom. The summed E-state index contributed by atoms with van der Waals surface area (Å²) in [6.07, 6.45) is 5.15. The molecule has 1 aliphatic rings. The zero-order chi connectivity index (χ0) is 14.2. The predicted octanol–water partition coefficient (Wildman–Crippen LogP) is 4.23. The first-order valence-corrected chi connectivity index (χ1v) is 8.05. The minimum Gasteiger partial charge on any atom is -0.374 e. The van der Waals surface area contributed by atoms with Crippen LogP contribution in [0.3, 0.4) is 0 Å². The Morgan fingerprint density at radius 1 is 1.24 bits per heavy atom. The molecule has 0 saturated carbocycles.